The third-order valence-corrected chi connectivity index (χ3v) is 12.9. The topological polar surface area (TPSA) is 43.4 Å². The number of rotatable bonds is 1. The molecular formula is C32H48O3. The lowest BCUT2D eigenvalue weighted by Gasteiger charge is -2.70. The molecule has 0 heterocycles. The third-order valence-electron chi connectivity index (χ3n) is 12.9. The van der Waals surface area contributed by atoms with Gasteiger partial charge in [-0.15, -0.1) is 0 Å². The Balaban J connectivity index is 1.62. The molecule has 0 saturated heterocycles. The van der Waals surface area contributed by atoms with Gasteiger partial charge in [-0.3, -0.25) is 9.59 Å². The molecule has 0 bridgehead atoms. The molecule has 0 spiro atoms. The Hall–Kier alpha value is -1.38. The van der Waals surface area contributed by atoms with Crippen LogP contribution in [0.2, 0.25) is 0 Å². The van der Waals surface area contributed by atoms with Crippen LogP contribution >= 0.6 is 0 Å². The zero-order valence-electron chi connectivity index (χ0n) is 23.6. The maximum absolute atomic E-state index is 13.4. The summed E-state index contributed by atoms with van der Waals surface area (Å²) < 4.78 is 5.49. The molecule has 0 amide bonds. The maximum atomic E-state index is 13.4. The van der Waals surface area contributed by atoms with Crippen molar-refractivity contribution >= 4 is 11.8 Å². The zero-order valence-corrected chi connectivity index (χ0v) is 23.6. The molecule has 4 fully saturated rings. The van der Waals surface area contributed by atoms with Gasteiger partial charge in [0.05, 0.1) is 12.5 Å². The Kier molecular flexibility index (Phi) is 5.31. The van der Waals surface area contributed by atoms with E-state index in [1.807, 2.05) is 0 Å². The number of ether oxygens (including phenoxy) is 1. The number of esters is 1. The standard InChI is InChI=1S/C32H48O3/c1-20-18-29(6)23(28(4,5)25(20)33)12-13-31(8)24(29)11-10-21-22-19-27(2,3)14-16-32(22,26(34)35-9)17-15-30(21,31)7/h10,22-24H,1,11-19H2,2-9H3/t22-,23-,24+,29-,30+,31+,32-/m0/s1. The van der Waals surface area contributed by atoms with Crippen molar-refractivity contribution in [3.63, 3.8) is 0 Å². The quantitative estimate of drug-likeness (QED) is 0.219. The molecule has 194 valence electrons. The van der Waals surface area contributed by atoms with Crippen molar-refractivity contribution in [2.45, 2.75) is 106 Å². The number of carbonyl (C=O) groups is 2. The second-order valence-corrected chi connectivity index (χ2v) is 15.2. The Bertz CT molecular complexity index is 1020. The number of methoxy groups -OCH3 is 1. The van der Waals surface area contributed by atoms with Crippen LogP contribution in [0.25, 0.3) is 0 Å². The molecule has 0 aliphatic heterocycles. The predicted octanol–water partition coefficient (Wildman–Crippen LogP) is 7.70. The van der Waals surface area contributed by atoms with E-state index in [2.05, 4.69) is 61.1 Å². The molecule has 0 N–H and O–H groups in total. The van der Waals surface area contributed by atoms with E-state index in [0.29, 0.717) is 11.8 Å². The zero-order chi connectivity index (χ0) is 25.8. The summed E-state index contributed by atoms with van der Waals surface area (Å²) in [5.41, 5.74) is 2.26. The minimum absolute atomic E-state index is 0.0211. The first kappa shape index (κ1) is 25.3. The number of ketones is 1. The fraction of sp³-hybridized carbons (Fsp3) is 0.812. The molecule has 4 saturated carbocycles. The Morgan fingerprint density at radius 2 is 1.63 bits per heavy atom. The normalized spacial score (nSPS) is 48.0. The molecule has 0 unspecified atom stereocenters. The van der Waals surface area contributed by atoms with Crippen LogP contribution in [-0.4, -0.2) is 18.9 Å². The van der Waals surface area contributed by atoms with Crippen molar-refractivity contribution in [1.82, 2.24) is 0 Å². The second kappa shape index (κ2) is 7.35. The van der Waals surface area contributed by atoms with Gasteiger partial charge in [0.1, 0.15) is 0 Å². The number of carbonyl (C=O) groups excluding carboxylic acids is 2. The van der Waals surface area contributed by atoms with Crippen molar-refractivity contribution in [3.8, 4) is 0 Å². The smallest absolute Gasteiger partial charge is 0.312 e. The number of allylic oxidation sites excluding steroid dienone is 3. The number of fused-ring (bicyclic) bond motifs is 7. The van der Waals surface area contributed by atoms with Gasteiger partial charge < -0.3 is 4.74 Å². The Morgan fingerprint density at radius 1 is 0.971 bits per heavy atom. The summed E-state index contributed by atoms with van der Waals surface area (Å²) in [5.74, 6) is 1.50. The summed E-state index contributed by atoms with van der Waals surface area (Å²) >= 11 is 0. The van der Waals surface area contributed by atoms with E-state index in [9.17, 15) is 9.59 Å². The highest BCUT2D eigenvalue weighted by atomic mass is 16.5. The van der Waals surface area contributed by atoms with Gasteiger partial charge in [-0.2, -0.15) is 0 Å². The van der Waals surface area contributed by atoms with Crippen LogP contribution in [0.5, 0.6) is 0 Å². The first-order valence-electron chi connectivity index (χ1n) is 14.1. The lowest BCUT2D eigenvalue weighted by Crippen LogP contribution is -2.65. The van der Waals surface area contributed by atoms with Crippen molar-refractivity contribution in [1.29, 1.82) is 0 Å². The molecule has 5 rings (SSSR count). The highest BCUT2D eigenvalue weighted by Crippen LogP contribution is 2.75. The number of hydrogen-bond acceptors (Lipinski definition) is 3. The molecule has 0 radical (unpaired) electrons. The summed E-state index contributed by atoms with van der Waals surface area (Å²) in [4.78, 5) is 26.5. The Morgan fingerprint density at radius 3 is 2.29 bits per heavy atom. The van der Waals surface area contributed by atoms with Crippen LogP contribution in [0.1, 0.15) is 106 Å². The maximum Gasteiger partial charge on any atom is 0.312 e. The van der Waals surface area contributed by atoms with E-state index in [-0.39, 0.29) is 50.2 Å². The average Bonchev–Trinajstić information content (AvgIpc) is 2.77. The largest absolute Gasteiger partial charge is 0.469 e. The van der Waals surface area contributed by atoms with E-state index in [1.165, 1.54) is 0 Å². The van der Waals surface area contributed by atoms with Gasteiger partial charge in [-0.05, 0) is 103 Å². The van der Waals surface area contributed by atoms with Gasteiger partial charge in [-0.1, -0.05) is 66.7 Å². The molecule has 5 aliphatic rings. The number of hydrogen-bond donors (Lipinski definition) is 0. The fourth-order valence-electron chi connectivity index (χ4n) is 10.8. The van der Waals surface area contributed by atoms with Gasteiger partial charge in [0, 0.05) is 5.41 Å². The van der Waals surface area contributed by atoms with E-state index >= 15 is 0 Å². The minimum atomic E-state index is -0.354. The molecule has 0 aromatic carbocycles. The molecule has 5 aliphatic carbocycles. The van der Waals surface area contributed by atoms with Gasteiger partial charge in [-0.25, -0.2) is 0 Å². The summed E-state index contributed by atoms with van der Waals surface area (Å²) in [6, 6.07) is 0. The fourth-order valence-corrected chi connectivity index (χ4v) is 10.8. The lowest BCUT2D eigenvalue weighted by molar-refractivity contribution is -0.185. The summed E-state index contributed by atoms with van der Waals surface area (Å²) in [6.45, 7) is 21.0. The second-order valence-electron chi connectivity index (χ2n) is 15.2. The van der Waals surface area contributed by atoms with Gasteiger partial charge in [0.25, 0.3) is 0 Å². The van der Waals surface area contributed by atoms with Crippen LogP contribution in [0.4, 0.5) is 0 Å². The SMILES string of the molecule is C=C1C[C@]2(C)[C@H]3CC=C4[C@@H]5CC(C)(C)CC[C@]5(C(=O)OC)CC[C@@]4(C)[C@]3(C)CC[C@H]2C(C)(C)C1=O. The number of Topliss-reactive ketones (excluding diaryl/α,β-unsaturated/α-hetero) is 1. The Labute approximate surface area is 213 Å². The summed E-state index contributed by atoms with van der Waals surface area (Å²) in [6.07, 6.45) is 11.8. The van der Waals surface area contributed by atoms with Crippen LogP contribution in [0.3, 0.4) is 0 Å². The van der Waals surface area contributed by atoms with Crippen molar-refractivity contribution in [2.24, 2.45) is 50.2 Å². The summed E-state index contributed by atoms with van der Waals surface area (Å²) in [5, 5.41) is 0. The summed E-state index contributed by atoms with van der Waals surface area (Å²) in [7, 11) is 1.58. The van der Waals surface area contributed by atoms with E-state index in [1.54, 1.807) is 12.7 Å². The highest BCUT2D eigenvalue weighted by Gasteiger charge is 2.69. The molecule has 35 heavy (non-hydrogen) atoms. The van der Waals surface area contributed by atoms with E-state index in [4.69, 9.17) is 4.74 Å². The molecular weight excluding hydrogens is 432 g/mol. The van der Waals surface area contributed by atoms with Crippen LogP contribution in [0.15, 0.2) is 23.8 Å². The molecule has 0 aromatic heterocycles. The molecule has 3 heteroatoms. The molecule has 7 atom stereocenters. The van der Waals surface area contributed by atoms with Gasteiger partial charge in [0.2, 0.25) is 0 Å². The van der Waals surface area contributed by atoms with Gasteiger partial charge in [0.15, 0.2) is 5.78 Å². The average molecular weight is 481 g/mol. The monoisotopic (exact) mass is 480 g/mol. The van der Waals surface area contributed by atoms with E-state index < -0.39 is 0 Å². The van der Waals surface area contributed by atoms with Crippen LogP contribution < -0.4 is 0 Å². The first-order chi connectivity index (χ1) is 16.1. The van der Waals surface area contributed by atoms with Crippen LogP contribution in [0, 0.1) is 50.2 Å². The van der Waals surface area contributed by atoms with Crippen molar-refractivity contribution in [3.05, 3.63) is 23.8 Å². The van der Waals surface area contributed by atoms with Gasteiger partial charge >= 0.3 is 5.97 Å². The van der Waals surface area contributed by atoms with Crippen LogP contribution in [-0.2, 0) is 14.3 Å². The third kappa shape index (κ3) is 3.02. The molecule has 3 nitrogen and oxygen atoms in total. The van der Waals surface area contributed by atoms with Crippen molar-refractivity contribution in [2.75, 3.05) is 7.11 Å². The lowest BCUT2D eigenvalue weighted by atomic mass is 9.33. The van der Waals surface area contributed by atoms with Crippen molar-refractivity contribution < 1.29 is 14.3 Å². The highest BCUT2D eigenvalue weighted by molar-refractivity contribution is 6.00. The molecule has 0 aromatic rings. The predicted molar refractivity (Wildman–Crippen MR) is 141 cm³/mol. The minimum Gasteiger partial charge on any atom is -0.469 e. The first-order valence-corrected chi connectivity index (χ1v) is 14.1. The van der Waals surface area contributed by atoms with E-state index in [0.717, 1.165) is 63.4 Å².